The molecule has 0 amide bonds. The average molecular weight is 180 g/mol. The number of nitrogens with two attached hydrogens (primary N) is 1. The minimum atomic E-state index is -0.695. The van der Waals surface area contributed by atoms with Crippen molar-refractivity contribution in [1.29, 1.82) is 0 Å². The lowest BCUT2D eigenvalue weighted by molar-refractivity contribution is -0.138. The molecule has 0 spiro atoms. The Morgan fingerprint density at radius 1 is 1.55 bits per heavy atom. The van der Waals surface area contributed by atoms with E-state index in [1.807, 2.05) is 0 Å². The topological polar surface area (TPSA) is 63.3 Å². The van der Waals surface area contributed by atoms with E-state index in [1.54, 1.807) is 0 Å². The van der Waals surface area contributed by atoms with E-state index >= 15 is 0 Å². The maximum atomic E-state index is 10.2. The first-order valence-electron chi connectivity index (χ1n) is 3.66. The van der Waals surface area contributed by atoms with Gasteiger partial charge in [0.25, 0.3) is 0 Å². The number of rotatable bonds is 2. The first-order chi connectivity index (χ1) is 4.68. The highest BCUT2D eigenvalue weighted by molar-refractivity contribution is 5.85. The Kier molecular flexibility index (Phi) is 4.45. The number of carboxylic acid groups (broad SMARTS) is 1. The summed E-state index contributed by atoms with van der Waals surface area (Å²) < 4.78 is 0. The van der Waals surface area contributed by atoms with Gasteiger partial charge < -0.3 is 10.8 Å². The molecule has 1 fully saturated rings. The van der Waals surface area contributed by atoms with Gasteiger partial charge in [0.2, 0.25) is 0 Å². The summed E-state index contributed by atoms with van der Waals surface area (Å²) in [6.45, 7) is 0. The fraction of sp³-hybridized carbons (Fsp3) is 0.857. The summed E-state index contributed by atoms with van der Waals surface area (Å²) in [5.41, 5.74) is 5.61. The van der Waals surface area contributed by atoms with Crippen molar-refractivity contribution >= 4 is 18.4 Å². The molecule has 11 heavy (non-hydrogen) atoms. The molecule has 1 aliphatic carbocycles. The molecule has 3 N–H and O–H groups in total. The molecule has 66 valence electrons. The third kappa shape index (κ3) is 3.58. The Bertz CT molecular complexity index is 140. The first kappa shape index (κ1) is 10.7. The molecule has 0 saturated heterocycles. The van der Waals surface area contributed by atoms with Gasteiger partial charge in [-0.15, -0.1) is 12.4 Å². The quantitative estimate of drug-likeness (QED) is 0.665. The Hall–Kier alpha value is -0.280. The SMILES string of the molecule is Cl.N[C@@H]1CC[C@H](CC(=O)O)C1. The van der Waals surface area contributed by atoms with E-state index in [0.29, 0.717) is 12.3 Å². The lowest BCUT2D eigenvalue weighted by atomic mass is 10.0. The lowest BCUT2D eigenvalue weighted by Crippen LogP contribution is -2.15. The Balaban J connectivity index is 0.000001000. The number of halogens is 1. The van der Waals surface area contributed by atoms with E-state index in [2.05, 4.69) is 0 Å². The molecule has 2 atom stereocenters. The molecular formula is C7H14ClNO2. The third-order valence-electron chi connectivity index (χ3n) is 2.05. The zero-order chi connectivity index (χ0) is 7.56. The largest absolute Gasteiger partial charge is 0.481 e. The predicted molar refractivity (Wildman–Crippen MR) is 44.8 cm³/mol. The summed E-state index contributed by atoms with van der Waals surface area (Å²) in [4.78, 5) is 10.2. The van der Waals surface area contributed by atoms with Gasteiger partial charge in [-0.3, -0.25) is 4.79 Å². The highest BCUT2D eigenvalue weighted by Crippen LogP contribution is 2.26. The van der Waals surface area contributed by atoms with Crippen molar-refractivity contribution in [3.63, 3.8) is 0 Å². The van der Waals surface area contributed by atoms with E-state index < -0.39 is 5.97 Å². The summed E-state index contributed by atoms with van der Waals surface area (Å²) in [5.74, 6) is -0.355. The number of hydrogen-bond acceptors (Lipinski definition) is 2. The van der Waals surface area contributed by atoms with Crippen molar-refractivity contribution < 1.29 is 9.90 Å². The van der Waals surface area contributed by atoms with Gasteiger partial charge in [-0.25, -0.2) is 0 Å². The van der Waals surface area contributed by atoms with Crippen LogP contribution in [0.1, 0.15) is 25.7 Å². The molecule has 0 unspecified atom stereocenters. The van der Waals surface area contributed by atoms with Crippen LogP contribution in [0.2, 0.25) is 0 Å². The van der Waals surface area contributed by atoms with Crippen LogP contribution in [0.25, 0.3) is 0 Å². The van der Waals surface area contributed by atoms with Crippen molar-refractivity contribution in [3.8, 4) is 0 Å². The predicted octanol–water partition coefficient (Wildman–Crippen LogP) is 1.01. The Morgan fingerprint density at radius 2 is 2.18 bits per heavy atom. The van der Waals surface area contributed by atoms with E-state index in [1.165, 1.54) is 0 Å². The minimum Gasteiger partial charge on any atom is -0.481 e. The first-order valence-corrected chi connectivity index (χ1v) is 3.66. The van der Waals surface area contributed by atoms with Crippen LogP contribution in [0.15, 0.2) is 0 Å². The maximum absolute atomic E-state index is 10.2. The lowest BCUT2D eigenvalue weighted by Gasteiger charge is -2.03. The van der Waals surface area contributed by atoms with Gasteiger partial charge in [-0.05, 0) is 25.2 Å². The van der Waals surface area contributed by atoms with Crippen molar-refractivity contribution in [2.45, 2.75) is 31.7 Å². The number of carbonyl (C=O) groups is 1. The molecule has 0 aromatic heterocycles. The smallest absolute Gasteiger partial charge is 0.303 e. The summed E-state index contributed by atoms with van der Waals surface area (Å²) in [5, 5.41) is 8.42. The maximum Gasteiger partial charge on any atom is 0.303 e. The highest BCUT2D eigenvalue weighted by Gasteiger charge is 2.23. The zero-order valence-corrected chi connectivity index (χ0v) is 7.14. The molecule has 4 heteroatoms. The molecule has 1 saturated carbocycles. The van der Waals surface area contributed by atoms with Gasteiger partial charge in [0.15, 0.2) is 0 Å². The van der Waals surface area contributed by atoms with Crippen LogP contribution in [-0.4, -0.2) is 17.1 Å². The second-order valence-corrected chi connectivity index (χ2v) is 3.04. The molecule has 1 rings (SSSR count). The fourth-order valence-corrected chi connectivity index (χ4v) is 1.55. The molecule has 0 aromatic carbocycles. The van der Waals surface area contributed by atoms with E-state index in [9.17, 15) is 4.79 Å². The van der Waals surface area contributed by atoms with Gasteiger partial charge in [0.05, 0.1) is 0 Å². The van der Waals surface area contributed by atoms with Crippen LogP contribution in [0.4, 0.5) is 0 Å². The number of aliphatic carboxylic acids is 1. The number of hydrogen-bond donors (Lipinski definition) is 2. The van der Waals surface area contributed by atoms with E-state index in [-0.39, 0.29) is 18.4 Å². The molecule has 1 aliphatic rings. The van der Waals surface area contributed by atoms with Gasteiger partial charge in [-0.2, -0.15) is 0 Å². The standard InChI is InChI=1S/C7H13NO2.ClH/c8-6-2-1-5(3-6)4-7(9)10;/h5-6H,1-4,8H2,(H,9,10);1H/t5-,6+;/m0./s1. The normalized spacial score (nSPS) is 29.5. The van der Waals surface area contributed by atoms with Gasteiger partial charge in [0.1, 0.15) is 0 Å². The summed E-state index contributed by atoms with van der Waals surface area (Å²) >= 11 is 0. The molecule has 0 aromatic rings. The van der Waals surface area contributed by atoms with Crippen LogP contribution in [-0.2, 0) is 4.79 Å². The van der Waals surface area contributed by atoms with Crippen LogP contribution >= 0.6 is 12.4 Å². The minimum absolute atomic E-state index is 0. The second kappa shape index (κ2) is 4.57. The molecule has 0 radical (unpaired) electrons. The molecule has 0 heterocycles. The van der Waals surface area contributed by atoms with Crippen molar-refractivity contribution in [3.05, 3.63) is 0 Å². The third-order valence-corrected chi connectivity index (χ3v) is 2.05. The van der Waals surface area contributed by atoms with Gasteiger partial charge in [-0.1, -0.05) is 0 Å². The fourth-order valence-electron chi connectivity index (χ4n) is 1.55. The van der Waals surface area contributed by atoms with Crippen molar-refractivity contribution in [2.75, 3.05) is 0 Å². The monoisotopic (exact) mass is 179 g/mol. The molecule has 3 nitrogen and oxygen atoms in total. The van der Waals surface area contributed by atoms with Gasteiger partial charge >= 0.3 is 5.97 Å². The van der Waals surface area contributed by atoms with Crippen LogP contribution in [0, 0.1) is 5.92 Å². The van der Waals surface area contributed by atoms with E-state index in [4.69, 9.17) is 10.8 Å². The van der Waals surface area contributed by atoms with E-state index in [0.717, 1.165) is 19.3 Å². The second-order valence-electron chi connectivity index (χ2n) is 3.04. The van der Waals surface area contributed by atoms with Gasteiger partial charge in [0, 0.05) is 12.5 Å². The molecular weight excluding hydrogens is 166 g/mol. The zero-order valence-electron chi connectivity index (χ0n) is 6.32. The summed E-state index contributed by atoms with van der Waals surface area (Å²) in [6.07, 6.45) is 3.19. The molecule has 0 aliphatic heterocycles. The van der Waals surface area contributed by atoms with Crippen molar-refractivity contribution in [1.82, 2.24) is 0 Å². The Morgan fingerprint density at radius 3 is 2.55 bits per heavy atom. The van der Waals surface area contributed by atoms with Crippen LogP contribution in [0.5, 0.6) is 0 Å². The molecule has 0 bridgehead atoms. The Labute approximate surface area is 72.4 Å². The summed E-state index contributed by atoms with van der Waals surface area (Å²) in [6, 6.07) is 0.254. The average Bonchev–Trinajstić information content (AvgIpc) is 2.13. The van der Waals surface area contributed by atoms with Crippen LogP contribution in [0.3, 0.4) is 0 Å². The van der Waals surface area contributed by atoms with Crippen LogP contribution < -0.4 is 5.73 Å². The number of carboxylic acids is 1. The highest BCUT2D eigenvalue weighted by atomic mass is 35.5. The summed E-state index contributed by atoms with van der Waals surface area (Å²) in [7, 11) is 0. The van der Waals surface area contributed by atoms with Crippen molar-refractivity contribution in [2.24, 2.45) is 11.7 Å².